The van der Waals surface area contributed by atoms with Crippen molar-refractivity contribution in [3.8, 4) is 0 Å². The van der Waals surface area contributed by atoms with E-state index in [1.54, 1.807) is 18.2 Å². The summed E-state index contributed by atoms with van der Waals surface area (Å²) in [5.74, 6) is 0.161. The molecule has 0 spiro atoms. The van der Waals surface area contributed by atoms with E-state index in [9.17, 15) is 9.00 Å². The first-order valence-corrected chi connectivity index (χ1v) is 7.67. The van der Waals surface area contributed by atoms with Gasteiger partial charge in [-0.1, -0.05) is 13.8 Å². The summed E-state index contributed by atoms with van der Waals surface area (Å²) in [5, 5.41) is 2.85. The fourth-order valence-corrected chi connectivity index (χ4v) is 2.70. The van der Waals surface area contributed by atoms with Gasteiger partial charge in [0, 0.05) is 16.6 Å². The summed E-state index contributed by atoms with van der Waals surface area (Å²) in [6, 6.07) is 5.27. The molecule has 3 N–H and O–H groups in total. The molecule has 5 heteroatoms. The highest BCUT2D eigenvalue weighted by molar-refractivity contribution is 7.85. The van der Waals surface area contributed by atoms with Crippen LogP contribution in [0.3, 0.4) is 0 Å². The van der Waals surface area contributed by atoms with Crippen LogP contribution in [0.15, 0.2) is 23.1 Å². The fourth-order valence-electron chi connectivity index (χ4n) is 1.59. The molecule has 2 unspecified atom stereocenters. The van der Waals surface area contributed by atoms with Crippen LogP contribution in [0.4, 0.5) is 5.69 Å². The zero-order valence-corrected chi connectivity index (χ0v) is 12.7. The molecule has 19 heavy (non-hydrogen) atoms. The summed E-state index contributed by atoms with van der Waals surface area (Å²) >= 11 is 0. The Balaban J connectivity index is 2.67. The van der Waals surface area contributed by atoms with E-state index in [4.69, 9.17) is 5.73 Å². The summed E-state index contributed by atoms with van der Waals surface area (Å²) in [5.41, 5.74) is 7.14. The standard InChI is InChI=1S/C14H22N2O2S/c1-9(2)11(4)16-14(17)8-19(18)13-6-5-12(15)7-10(13)3/h5-7,9,11H,8,15H2,1-4H3,(H,16,17). The van der Waals surface area contributed by atoms with Gasteiger partial charge in [0.25, 0.3) is 0 Å². The van der Waals surface area contributed by atoms with Crippen LogP contribution >= 0.6 is 0 Å². The molecule has 0 aliphatic carbocycles. The molecule has 106 valence electrons. The largest absolute Gasteiger partial charge is 0.399 e. The van der Waals surface area contributed by atoms with Gasteiger partial charge >= 0.3 is 0 Å². The first-order valence-electron chi connectivity index (χ1n) is 6.35. The van der Waals surface area contributed by atoms with Crippen molar-refractivity contribution in [2.24, 2.45) is 5.92 Å². The molecule has 0 aliphatic heterocycles. The molecule has 1 rings (SSSR count). The monoisotopic (exact) mass is 282 g/mol. The molecule has 0 fully saturated rings. The van der Waals surface area contributed by atoms with Gasteiger partial charge in [0.2, 0.25) is 5.91 Å². The number of benzene rings is 1. The van der Waals surface area contributed by atoms with E-state index in [2.05, 4.69) is 5.32 Å². The molecule has 2 atom stereocenters. The molecular formula is C14H22N2O2S. The summed E-state index contributed by atoms with van der Waals surface area (Å²) in [4.78, 5) is 12.5. The van der Waals surface area contributed by atoms with Crippen molar-refractivity contribution in [2.75, 3.05) is 11.5 Å². The lowest BCUT2D eigenvalue weighted by Gasteiger charge is -2.17. The van der Waals surface area contributed by atoms with Crippen LogP contribution in [0, 0.1) is 12.8 Å². The van der Waals surface area contributed by atoms with Crippen LogP contribution in [0.2, 0.25) is 0 Å². The number of rotatable bonds is 5. The van der Waals surface area contributed by atoms with E-state index < -0.39 is 10.8 Å². The smallest absolute Gasteiger partial charge is 0.233 e. The van der Waals surface area contributed by atoms with E-state index in [0.717, 1.165) is 5.56 Å². The Bertz CT molecular complexity index is 486. The van der Waals surface area contributed by atoms with Crippen molar-refractivity contribution in [1.29, 1.82) is 0 Å². The average molecular weight is 282 g/mol. The van der Waals surface area contributed by atoms with E-state index in [1.165, 1.54) is 0 Å². The number of hydrogen-bond donors (Lipinski definition) is 2. The Morgan fingerprint density at radius 2 is 2.00 bits per heavy atom. The lowest BCUT2D eigenvalue weighted by atomic mass is 10.1. The summed E-state index contributed by atoms with van der Waals surface area (Å²) in [7, 11) is -1.33. The normalized spacial score (nSPS) is 14.2. The molecule has 0 radical (unpaired) electrons. The number of amides is 1. The SMILES string of the molecule is Cc1cc(N)ccc1S(=O)CC(=O)NC(C)C(C)C. The van der Waals surface area contributed by atoms with Gasteiger partial charge in [-0.25, -0.2) is 0 Å². The topological polar surface area (TPSA) is 72.2 Å². The molecular weight excluding hydrogens is 260 g/mol. The quantitative estimate of drug-likeness (QED) is 0.810. The first kappa shape index (κ1) is 15.7. The van der Waals surface area contributed by atoms with Crippen molar-refractivity contribution in [1.82, 2.24) is 5.32 Å². The van der Waals surface area contributed by atoms with Gasteiger partial charge in [-0.3, -0.25) is 9.00 Å². The summed E-state index contributed by atoms with van der Waals surface area (Å²) < 4.78 is 12.1. The first-order chi connectivity index (χ1) is 8.81. The second kappa shape index (κ2) is 6.70. The number of hydrogen-bond acceptors (Lipinski definition) is 3. The van der Waals surface area contributed by atoms with Gasteiger partial charge in [0.1, 0.15) is 5.75 Å². The summed E-state index contributed by atoms with van der Waals surface area (Å²) in [6.07, 6.45) is 0. The molecule has 1 aromatic carbocycles. The minimum Gasteiger partial charge on any atom is -0.399 e. The van der Waals surface area contributed by atoms with E-state index in [1.807, 2.05) is 27.7 Å². The minimum atomic E-state index is -1.33. The van der Waals surface area contributed by atoms with Crippen LogP contribution in [0.1, 0.15) is 26.3 Å². The Labute approximate surface area is 117 Å². The predicted molar refractivity (Wildman–Crippen MR) is 79.3 cm³/mol. The molecule has 0 aromatic heterocycles. The van der Waals surface area contributed by atoms with Crippen molar-refractivity contribution in [3.05, 3.63) is 23.8 Å². The second-order valence-corrected chi connectivity index (χ2v) is 6.53. The fraction of sp³-hybridized carbons (Fsp3) is 0.500. The van der Waals surface area contributed by atoms with Crippen LogP contribution in [0.25, 0.3) is 0 Å². The highest BCUT2D eigenvalue weighted by Crippen LogP contribution is 2.16. The Morgan fingerprint density at radius 1 is 1.37 bits per heavy atom. The third-order valence-corrected chi connectivity index (χ3v) is 4.57. The molecule has 0 aliphatic rings. The van der Waals surface area contributed by atoms with Crippen LogP contribution in [0.5, 0.6) is 0 Å². The lowest BCUT2D eigenvalue weighted by Crippen LogP contribution is -2.38. The maximum absolute atomic E-state index is 12.1. The molecule has 0 saturated carbocycles. The Kier molecular flexibility index (Phi) is 5.54. The lowest BCUT2D eigenvalue weighted by molar-refractivity contribution is -0.119. The second-order valence-electron chi connectivity index (χ2n) is 5.11. The highest BCUT2D eigenvalue weighted by Gasteiger charge is 2.15. The zero-order valence-electron chi connectivity index (χ0n) is 11.9. The van der Waals surface area contributed by atoms with Crippen molar-refractivity contribution < 1.29 is 9.00 Å². The van der Waals surface area contributed by atoms with Crippen LogP contribution in [-0.4, -0.2) is 21.9 Å². The van der Waals surface area contributed by atoms with Gasteiger partial charge in [-0.15, -0.1) is 0 Å². The number of carbonyl (C=O) groups is 1. The van der Waals surface area contributed by atoms with Crippen molar-refractivity contribution in [3.63, 3.8) is 0 Å². The van der Waals surface area contributed by atoms with Crippen molar-refractivity contribution >= 4 is 22.4 Å². The number of aryl methyl sites for hydroxylation is 1. The molecule has 0 saturated heterocycles. The number of nitrogen functional groups attached to an aromatic ring is 1. The molecule has 0 bridgehead atoms. The van der Waals surface area contributed by atoms with Crippen molar-refractivity contribution in [2.45, 2.75) is 38.6 Å². The molecule has 0 heterocycles. The zero-order chi connectivity index (χ0) is 14.6. The van der Waals surface area contributed by atoms with E-state index >= 15 is 0 Å². The highest BCUT2D eigenvalue weighted by atomic mass is 32.2. The molecule has 1 aromatic rings. The maximum Gasteiger partial charge on any atom is 0.233 e. The van der Waals surface area contributed by atoms with E-state index in [0.29, 0.717) is 16.5 Å². The van der Waals surface area contributed by atoms with Gasteiger partial charge < -0.3 is 11.1 Å². The molecule has 1 amide bonds. The van der Waals surface area contributed by atoms with Gasteiger partial charge in [-0.2, -0.15) is 0 Å². The van der Waals surface area contributed by atoms with Gasteiger partial charge in [0.05, 0.1) is 10.8 Å². The van der Waals surface area contributed by atoms with Crippen LogP contribution in [-0.2, 0) is 15.6 Å². The number of nitrogens with one attached hydrogen (secondary N) is 1. The maximum atomic E-state index is 12.1. The third kappa shape index (κ3) is 4.67. The van der Waals surface area contributed by atoms with Crippen LogP contribution < -0.4 is 11.1 Å². The van der Waals surface area contributed by atoms with E-state index in [-0.39, 0.29) is 17.7 Å². The van der Waals surface area contributed by atoms with Gasteiger partial charge in [0.15, 0.2) is 0 Å². The van der Waals surface area contributed by atoms with Gasteiger partial charge in [-0.05, 0) is 43.5 Å². The minimum absolute atomic E-state index is 0.0121. The Morgan fingerprint density at radius 3 is 2.53 bits per heavy atom. The predicted octanol–water partition coefficient (Wildman–Crippen LogP) is 1.85. The molecule has 4 nitrogen and oxygen atoms in total. The summed E-state index contributed by atoms with van der Waals surface area (Å²) in [6.45, 7) is 7.86. The third-order valence-electron chi connectivity index (χ3n) is 3.10. The number of nitrogens with two attached hydrogens (primary N) is 1. The number of anilines is 1. The Hall–Kier alpha value is -1.36. The number of carbonyl (C=O) groups excluding carboxylic acids is 1. The average Bonchev–Trinajstić information content (AvgIpc) is 2.27.